The molecule has 0 fully saturated rings. The largest absolute Gasteiger partial charge is 0.388 e. The predicted octanol–water partition coefficient (Wildman–Crippen LogP) is 4.91. The molecule has 1 unspecified atom stereocenters. The van der Waals surface area contributed by atoms with E-state index < -0.39 is 6.10 Å². The van der Waals surface area contributed by atoms with E-state index in [0.29, 0.717) is 22.4 Å². The Balaban J connectivity index is 2.01. The first-order valence-corrected chi connectivity index (χ1v) is 7.13. The van der Waals surface area contributed by atoms with Gasteiger partial charge in [-0.2, -0.15) is 0 Å². The smallest absolute Gasteiger partial charge is 0.131 e. The minimum Gasteiger partial charge on any atom is -0.388 e. The summed E-state index contributed by atoms with van der Waals surface area (Å²) in [4.78, 5) is 0. The number of fused-ring (bicyclic) bond motifs is 1. The molecule has 1 nitrogen and oxygen atoms in total. The Morgan fingerprint density at radius 2 is 1.57 bits per heavy atom. The summed E-state index contributed by atoms with van der Waals surface area (Å²) in [6.45, 7) is 0. The van der Waals surface area contributed by atoms with Crippen LogP contribution in [0, 0.1) is 5.82 Å². The van der Waals surface area contributed by atoms with E-state index >= 15 is 0 Å². The van der Waals surface area contributed by atoms with Crippen molar-refractivity contribution in [2.45, 2.75) is 12.5 Å². The zero-order chi connectivity index (χ0) is 14.8. The fourth-order valence-electron chi connectivity index (χ4n) is 2.56. The van der Waals surface area contributed by atoms with Crippen LogP contribution in [0.2, 0.25) is 5.02 Å². The lowest BCUT2D eigenvalue weighted by Gasteiger charge is -2.15. The highest BCUT2D eigenvalue weighted by Gasteiger charge is 2.15. The number of hydrogen-bond donors (Lipinski definition) is 1. The molecule has 0 aromatic heterocycles. The van der Waals surface area contributed by atoms with Crippen LogP contribution in [0.3, 0.4) is 0 Å². The van der Waals surface area contributed by atoms with Crippen LogP contribution in [0.5, 0.6) is 0 Å². The van der Waals surface area contributed by atoms with Crippen molar-refractivity contribution in [2.75, 3.05) is 0 Å². The molecule has 3 heteroatoms. The minimum absolute atomic E-state index is 0.278. The number of aliphatic hydroxyl groups is 1. The molecule has 0 aliphatic carbocycles. The molecular weight excluding hydrogens is 287 g/mol. The van der Waals surface area contributed by atoms with Gasteiger partial charge in [0, 0.05) is 16.8 Å². The molecule has 0 heterocycles. The quantitative estimate of drug-likeness (QED) is 0.729. The van der Waals surface area contributed by atoms with Gasteiger partial charge in [0.2, 0.25) is 0 Å². The first kappa shape index (κ1) is 14.1. The van der Waals surface area contributed by atoms with Gasteiger partial charge in [0.25, 0.3) is 0 Å². The Morgan fingerprint density at radius 1 is 0.905 bits per heavy atom. The van der Waals surface area contributed by atoms with Crippen molar-refractivity contribution in [1.82, 2.24) is 0 Å². The fraction of sp³-hybridized carbons (Fsp3) is 0.111. The van der Waals surface area contributed by atoms with Crippen LogP contribution in [-0.2, 0) is 6.42 Å². The second kappa shape index (κ2) is 5.84. The maximum Gasteiger partial charge on any atom is 0.131 e. The maximum absolute atomic E-state index is 13.8. The van der Waals surface area contributed by atoms with Crippen LogP contribution >= 0.6 is 11.6 Å². The second-order valence-electron chi connectivity index (χ2n) is 4.99. The van der Waals surface area contributed by atoms with E-state index in [-0.39, 0.29) is 5.82 Å². The summed E-state index contributed by atoms with van der Waals surface area (Å²) < 4.78 is 13.8. The van der Waals surface area contributed by atoms with Gasteiger partial charge >= 0.3 is 0 Å². The molecule has 0 saturated heterocycles. The molecule has 0 radical (unpaired) electrons. The van der Waals surface area contributed by atoms with Crippen LogP contribution in [0.15, 0.2) is 60.7 Å². The summed E-state index contributed by atoms with van der Waals surface area (Å²) in [6, 6.07) is 17.6. The Morgan fingerprint density at radius 3 is 2.33 bits per heavy atom. The Bertz CT molecular complexity index is 785. The van der Waals surface area contributed by atoms with Crippen molar-refractivity contribution in [3.8, 4) is 0 Å². The average Bonchev–Trinajstić information content (AvgIpc) is 2.50. The minimum atomic E-state index is -0.726. The van der Waals surface area contributed by atoms with Crippen LogP contribution in [-0.4, -0.2) is 5.11 Å². The van der Waals surface area contributed by atoms with E-state index in [9.17, 15) is 9.50 Å². The molecule has 0 aliphatic heterocycles. The van der Waals surface area contributed by atoms with Gasteiger partial charge in [-0.25, -0.2) is 4.39 Å². The van der Waals surface area contributed by atoms with Crippen LogP contribution in [0.25, 0.3) is 10.8 Å². The summed E-state index contributed by atoms with van der Waals surface area (Å²) in [5.41, 5.74) is 1.59. The zero-order valence-electron chi connectivity index (χ0n) is 11.3. The predicted molar refractivity (Wildman–Crippen MR) is 84.0 cm³/mol. The van der Waals surface area contributed by atoms with Crippen LogP contribution in [0.1, 0.15) is 17.2 Å². The van der Waals surface area contributed by atoms with Crippen molar-refractivity contribution in [1.29, 1.82) is 0 Å². The van der Waals surface area contributed by atoms with Gasteiger partial charge in [-0.05, 0) is 28.6 Å². The van der Waals surface area contributed by atoms with Gasteiger partial charge < -0.3 is 5.11 Å². The molecule has 3 aromatic rings. The SMILES string of the molecule is OC(Cc1ccccc1Cl)c1ccc(F)c2ccccc12. The Hall–Kier alpha value is -1.90. The van der Waals surface area contributed by atoms with E-state index in [4.69, 9.17) is 11.6 Å². The highest BCUT2D eigenvalue weighted by atomic mass is 35.5. The highest BCUT2D eigenvalue weighted by molar-refractivity contribution is 6.31. The van der Waals surface area contributed by atoms with Gasteiger partial charge in [-0.3, -0.25) is 0 Å². The van der Waals surface area contributed by atoms with Gasteiger partial charge in [-0.1, -0.05) is 60.1 Å². The molecule has 21 heavy (non-hydrogen) atoms. The molecule has 0 saturated carbocycles. The third kappa shape index (κ3) is 2.78. The molecular formula is C18H14ClFO. The van der Waals surface area contributed by atoms with Gasteiger partial charge in [0.15, 0.2) is 0 Å². The normalized spacial score (nSPS) is 12.5. The van der Waals surface area contributed by atoms with Gasteiger partial charge in [0.05, 0.1) is 6.10 Å². The molecule has 106 valence electrons. The molecule has 0 amide bonds. The third-order valence-electron chi connectivity index (χ3n) is 3.63. The summed E-state index contributed by atoms with van der Waals surface area (Å²) >= 11 is 6.13. The lowest BCUT2D eigenvalue weighted by molar-refractivity contribution is 0.180. The molecule has 1 N–H and O–H groups in total. The first-order chi connectivity index (χ1) is 10.2. The molecule has 1 atom stereocenters. The van der Waals surface area contributed by atoms with Gasteiger partial charge in [0.1, 0.15) is 5.82 Å². The summed E-state index contributed by atoms with van der Waals surface area (Å²) in [6.07, 6.45) is -0.328. The zero-order valence-corrected chi connectivity index (χ0v) is 12.0. The highest BCUT2D eigenvalue weighted by Crippen LogP contribution is 2.29. The molecule has 3 aromatic carbocycles. The monoisotopic (exact) mass is 300 g/mol. The third-order valence-corrected chi connectivity index (χ3v) is 4.00. The van der Waals surface area contributed by atoms with E-state index in [1.54, 1.807) is 24.3 Å². The van der Waals surface area contributed by atoms with Crippen molar-refractivity contribution in [3.05, 3.63) is 82.6 Å². The maximum atomic E-state index is 13.8. The number of hydrogen-bond acceptors (Lipinski definition) is 1. The summed E-state index contributed by atoms with van der Waals surface area (Å²) in [5.74, 6) is -0.278. The molecule has 3 rings (SSSR count). The van der Waals surface area contributed by atoms with Crippen LogP contribution < -0.4 is 0 Å². The lowest BCUT2D eigenvalue weighted by atomic mass is 9.96. The second-order valence-corrected chi connectivity index (χ2v) is 5.40. The summed E-state index contributed by atoms with van der Waals surface area (Å²) in [5, 5.41) is 12.4. The Labute approximate surface area is 127 Å². The molecule has 0 spiro atoms. The van der Waals surface area contributed by atoms with E-state index in [1.165, 1.54) is 6.07 Å². The van der Waals surface area contributed by atoms with Crippen molar-refractivity contribution >= 4 is 22.4 Å². The van der Waals surface area contributed by atoms with Crippen molar-refractivity contribution in [3.63, 3.8) is 0 Å². The summed E-state index contributed by atoms with van der Waals surface area (Å²) in [7, 11) is 0. The van der Waals surface area contributed by atoms with E-state index in [2.05, 4.69) is 0 Å². The van der Waals surface area contributed by atoms with E-state index in [0.717, 1.165) is 10.9 Å². The number of benzene rings is 3. The number of rotatable bonds is 3. The standard InChI is InChI=1S/C18H14ClFO/c19-16-8-4-1-5-12(16)11-18(21)15-9-10-17(20)14-7-3-2-6-13(14)15/h1-10,18,21H,11H2. The van der Waals surface area contributed by atoms with Gasteiger partial charge in [-0.15, -0.1) is 0 Å². The van der Waals surface area contributed by atoms with Crippen molar-refractivity contribution < 1.29 is 9.50 Å². The lowest BCUT2D eigenvalue weighted by Crippen LogP contribution is -2.03. The average molecular weight is 301 g/mol. The first-order valence-electron chi connectivity index (χ1n) is 6.75. The van der Waals surface area contributed by atoms with E-state index in [1.807, 2.05) is 30.3 Å². The fourth-order valence-corrected chi connectivity index (χ4v) is 2.77. The topological polar surface area (TPSA) is 20.2 Å². The number of aliphatic hydroxyl groups excluding tert-OH is 1. The molecule has 0 bridgehead atoms. The Kier molecular flexibility index (Phi) is 3.91. The molecule has 0 aliphatic rings. The number of halogens is 2. The van der Waals surface area contributed by atoms with Crippen LogP contribution in [0.4, 0.5) is 4.39 Å². The van der Waals surface area contributed by atoms with Crippen molar-refractivity contribution in [2.24, 2.45) is 0 Å².